The minimum absolute atomic E-state index is 0.159. The van der Waals surface area contributed by atoms with Crippen LogP contribution in [-0.4, -0.2) is 29.1 Å². The molecule has 1 unspecified atom stereocenters. The zero-order chi connectivity index (χ0) is 28.3. The fraction of sp³-hybridized carbons (Fsp3) is 0.207. The monoisotopic (exact) mass is 550 g/mol. The molecule has 4 aromatic rings. The van der Waals surface area contributed by atoms with Gasteiger partial charge in [0.2, 0.25) is 0 Å². The van der Waals surface area contributed by atoms with Gasteiger partial charge in [-0.05, 0) is 54.3 Å². The first kappa shape index (κ1) is 26.8. The van der Waals surface area contributed by atoms with Crippen molar-refractivity contribution in [2.75, 3.05) is 7.11 Å². The number of pyridine rings is 1. The van der Waals surface area contributed by atoms with Crippen molar-refractivity contribution in [1.29, 1.82) is 0 Å². The number of amides is 2. The summed E-state index contributed by atoms with van der Waals surface area (Å²) in [5.41, 5.74) is 2.12. The Morgan fingerprint density at radius 1 is 1.05 bits per heavy atom. The number of ether oxygens (including phenoxy) is 2. The van der Waals surface area contributed by atoms with Gasteiger partial charge in [0.1, 0.15) is 12.4 Å². The lowest BCUT2D eigenvalue weighted by Crippen LogP contribution is -2.46. The van der Waals surface area contributed by atoms with Crippen molar-refractivity contribution in [2.24, 2.45) is 0 Å². The lowest BCUT2D eigenvalue weighted by atomic mass is 9.93. The number of nitrogens with one attached hydrogen (secondary N) is 3. The molecule has 40 heavy (non-hydrogen) atoms. The molecule has 2 aromatic heterocycles. The van der Waals surface area contributed by atoms with Crippen LogP contribution in [0.4, 0.5) is 18.0 Å². The van der Waals surface area contributed by atoms with Gasteiger partial charge in [-0.15, -0.1) is 0 Å². The number of aromatic nitrogens is 2. The van der Waals surface area contributed by atoms with E-state index in [2.05, 4.69) is 20.6 Å². The van der Waals surface area contributed by atoms with Gasteiger partial charge in [0.25, 0.3) is 0 Å². The number of hydrogen-bond donors (Lipinski definition) is 3. The number of methoxy groups -OCH3 is 1. The number of benzene rings is 2. The number of H-pyrrole nitrogens is 1. The fourth-order valence-electron chi connectivity index (χ4n) is 4.68. The van der Waals surface area contributed by atoms with E-state index in [0.29, 0.717) is 28.9 Å². The first-order chi connectivity index (χ1) is 19.2. The summed E-state index contributed by atoms with van der Waals surface area (Å²) >= 11 is 0. The Kier molecular flexibility index (Phi) is 7.45. The molecular formula is C29H25F3N4O4. The first-order valence-electron chi connectivity index (χ1n) is 12.4. The van der Waals surface area contributed by atoms with Crippen LogP contribution in [0, 0.1) is 0 Å². The molecule has 3 N–H and O–H groups in total. The molecule has 5 rings (SSSR count). The van der Waals surface area contributed by atoms with Crippen molar-refractivity contribution in [2.45, 2.75) is 31.7 Å². The highest BCUT2D eigenvalue weighted by atomic mass is 19.4. The minimum atomic E-state index is -4.53. The van der Waals surface area contributed by atoms with E-state index in [9.17, 15) is 22.8 Å². The average Bonchev–Trinajstić information content (AvgIpc) is 3.38. The normalized spacial score (nSPS) is 15.5. The lowest BCUT2D eigenvalue weighted by molar-refractivity contribution is -0.140. The minimum Gasteiger partial charge on any atom is -0.497 e. The molecule has 0 saturated carbocycles. The summed E-state index contributed by atoms with van der Waals surface area (Å²) in [5.74, 6) is -0.0919. The number of fused-ring (bicyclic) bond motifs is 1. The third-order valence-corrected chi connectivity index (χ3v) is 6.62. The number of carbonyl (C=O) groups excluding carboxylic acids is 2. The predicted molar refractivity (Wildman–Crippen MR) is 140 cm³/mol. The van der Waals surface area contributed by atoms with Gasteiger partial charge in [0.05, 0.1) is 36.0 Å². The van der Waals surface area contributed by atoms with Crippen molar-refractivity contribution < 1.29 is 32.2 Å². The summed E-state index contributed by atoms with van der Waals surface area (Å²) in [6, 6.07) is 12.4. The molecule has 1 aliphatic rings. The van der Waals surface area contributed by atoms with Crippen LogP contribution in [0.25, 0.3) is 10.9 Å². The smallest absolute Gasteiger partial charge is 0.416 e. The zero-order valence-electron chi connectivity index (χ0n) is 21.3. The Morgan fingerprint density at radius 3 is 2.65 bits per heavy atom. The van der Waals surface area contributed by atoms with Crippen LogP contribution < -0.4 is 15.4 Å². The fourth-order valence-corrected chi connectivity index (χ4v) is 4.68. The number of carbonyl (C=O) groups is 2. The molecule has 3 heterocycles. The Hall–Kier alpha value is -4.80. The summed E-state index contributed by atoms with van der Waals surface area (Å²) in [5, 5.41) is 6.28. The van der Waals surface area contributed by atoms with Crippen LogP contribution in [0.3, 0.4) is 0 Å². The highest BCUT2D eigenvalue weighted by Gasteiger charge is 2.35. The summed E-state index contributed by atoms with van der Waals surface area (Å²) in [6.45, 7) is -0.381. The Labute approximate surface area is 227 Å². The number of esters is 1. The molecule has 0 aliphatic carbocycles. The topological polar surface area (TPSA) is 105 Å². The molecule has 2 aromatic carbocycles. The van der Waals surface area contributed by atoms with Crippen LogP contribution in [-0.2, 0) is 28.7 Å². The van der Waals surface area contributed by atoms with Crippen LogP contribution in [0.15, 0.2) is 84.5 Å². The van der Waals surface area contributed by atoms with Crippen LogP contribution in [0.5, 0.6) is 5.75 Å². The number of rotatable bonds is 8. The second-order valence-electron chi connectivity index (χ2n) is 9.21. The second-order valence-corrected chi connectivity index (χ2v) is 9.21. The number of aromatic amines is 1. The quantitative estimate of drug-likeness (QED) is 0.249. The Bertz CT molecular complexity index is 1600. The molecule has 0 bridgehead atoms. The molecule has 1 aliphatic heterocycles. The van der Waals surface area contributed by atoms with Crippen LogP contribution in [0.1, 0.15) is 34.7 Å². The molecule has 206 valence electrons. The maximum Gasteiger partial charge on any atom is 0.416 e. The average molecular weight is 551 g/mol. The van der Waals surface area contributed by atoms with Crippen LogP contribution in [0.2, 0.25) is 0 Å². The number of allylic oxidation sites excluding steroid dienone is 1. The third kappa shape index (κ3) is 5.78. The molecule has 0 fully saturated rings. The standard InChI is InChI=1S/C29H25F3N4O4/c1-39-20-7-3-4-17(13-20)8-9-23-25(27(37)40-16-18-5-2-6-19(12-18)29(30,31)32)26(36-28(38)35-23)22-14-34-24-15-33-11-10-21(22)24/h2-7,10-15,26,34H,8-9,16H2,1H3,(H2,35,36,38). The van der Waals surface area contributed by atoms with Gasteiger partial charge in [-0.25, -0.2) is 9.59 Å². The lowest BCUT2D eigenvalue weighted by Gasteiger charge is -2.29. The van der Waals surface area contributed by atoms with E-state index in [-0.39, 0.29) is 24.2 Å². The molecule has 0 radical (unpaired) electrons. The SMILES string of the molecule is COc1cccc(CCC2=C(C(=O)OCc3cccc(C(F)(F)F)c3)C(c3c[nH]c4cnccc34)NC(=O)N2)c1. The number of halogens is 3. The van der Waals surface area contributed by atoms with E-state index >= 15 is 0 Å². The van der Waals surface area contributed by atoms with Crippen LogP contribution >= 0.6 is 0 Å². The highest BCUT2D eigenvalue weighted by Crippen LogP contribution is 2.34. The van der Waals surface area contributed by atoms with Crippen molar-refractivity contribution in [3.8, 4) is 5.75 Å². The maximum atomic E-state index is 13.6. The first-order valence-corrected chi connectivity index (χ1v) is 12.4. The van der Waals surface area contributed by atoms with E-state index in [1.165, 1.54) is 12.1 Å². The molecule has 0 saturated heterocycles. The van der Waals surface area contributed by atoms with E-state index in [1.54, 1.807) is 31.8 Å². The number of aryl methyl sites for hydroxylation is 1. The number of hydrogen-bond acceptors (Lipinski definition) is 5. The van der Waals surface area contributed by atoms with Gasteiger partial charge in [-0.3, -0.25) is 4.98 Å². The summed E-state index contributed by atoms with van der Waals surface area (Å²) in [6.07, 6.45) is 1.14. The summed E-state index contributed by atoms with van der Waals surface area (Å²) < 4.78 is 50.3. The molecule has 11 heteroatoms. The highest BCUT2D eigenvalue weighted by molar-refractivity contribution is 5.97. The van der Waals surface area contributed by atoms with E-state index in [1.807, 2.05) is 24.3 Å². The molecular weight excluding hydrogens is 525 g/mol. The van der Waals surface area contributed by atoms with E-state index < -0.39 is 29.8 Å². The Morgan fingerprint density at radius 2 is 1.85 bits per heavy atom. The van der Waals surface area contributed by atoms with Gasteiger partial charge < -0.3 is 25.1 Å². The zero-order valence-corrected chi connectivity index (χ0v) is 21.3. The third-order valence-electron chi connectivity index (χ3n) is 6.62. The Balaban J connectivity index is 1.49. The molecule has 8 nitrogen and oxygen atoms in total. The second kappa shape index (κ2) is 11.1. The summed E-state index contributed by atoms with van der Waals surface area (Å²) in [4.78, 5) is 33.5. The van der Waals surface area contributed by atoms with Gasteiger partial charge in [-0.2, -0.15) is 13.2 Å². The molecule has 0 spiro atoms. The number of urea groups is 1. The van der Waals surface area contributed by atoms with Crippen molar-refractivity contribution >= 4 is 22.9 Å². The number of alkyl halides is 3. The molecule has 1 atom stereocenters. The largest absolute Gasteiger partial charge is 0.497 e. The van der Waals surface area contributed by atoms with E-state index in [0.717, 1.165) is 23.1 Å². The van der Waals surface area contributed by atoms with Crippen molar-refractivity contribution in [3.63, 3.8) is 0 Å². The van der Waals surface area contributed by atoms with Gasteiger partial charge in [0.15, 0.2) is 0 Å². The van der Waals surface area contributed by atoms with Gasteiger partial charge in [-0.1, -0.05) is 24.3 Å². The van der Waals surface area contributed by atoms with Crippen molar-refractivity contribution in [3.05, 3.63) is 107 Å². The molecule has 2 amide bonds. The maximum absolute atomic E-state index is 13.6. The van der Waals surface area contributed by atoms with E-state index in [4.69, 9.17) is 9.47 Å². The number of nitrogens with zero attached hydrogens (tertiary/aromatic N) is 1. The predicted octanol–water partition coefficient (Wildman–Crippen LogP) is 5.57. The van der Waals surface area contributed by atoms with Crippen molar-refractivity contribution in [1.82, 2.24) is 20.6 Å². The van der Waals surface area contributed by atoms with Gasteiger partial charge in [0, 0.05) is 29.0 Å². The summed E-state index contributed by atoms with van der Waals surface area (Å²) in [7, 11) is 1.56. The van der Waals surface area contributed by atoms with Gasteiger partial charge >= 0.3 is 18.2 Å².